The van der Waals surface area contributed by atoms with E-state index in [0.29, 0.717) is 37.6 Å². The van der Waals surface area contributed by atoms with E-state index in [1.807, 2.05) is 25.1 Å². The number of hydrogen-bond acceptors (Lipinski definition) is 8. The molecule has 0 saturated heterocycles. The van der Waals surface area contributed by atoms with Gasteiger partial charge in [-0.1, -0.05) is 38.0 Å². The summed E-state index contributed by atoms with van der Waals surface area (Å²) in [5, 5.41) is 3.29. The van der Waals surface area contributed by atoms with Crippen LogP contribution in [-0.4, -0.2) is 54.0 Å². The van der Waals surface area contributed by atoms with Crippen molar-refractivity contribution in [3.63, 3.8) is 0 Å². The second-order valence-electron chi connectivity index (χ2n) is 9.46. The summed E-state index contributed by atoms with van der Waals surface area (Å²) in [5.74, 6) is -0.895. The van der Waals surface area contributed by atoms with Crippen LogP contribution in [0.3, 0.4) is 0 Å². The van der Waals surface area contributed by atoms with Gasteiger partial charge in [-0.2, -0.15) is 0 Å². The summed E-state index contributed by atoms with van der Waals surface area (Å²) >= 11 is 0. The molecule has 9 nitrogen and oxygen atoms in total. The molecule has 0 spiro atoms. The van der Waals surface area contributed by atoms with Crippen molar-refractivity contribution >= 4 is 34.5 Å². The van der Waals surface area contributed by atoms with Crippen LogP contribution in [0.2, 0.25) is 0 Å². The van der Waals surface area contributed by atoms with Crippen LogP contribution in [0.25, 0.3) is 10.9 Å². The van der Waals surface area contributed by atoms with Crippen LogP contribution in [0.5, 0.6) is 5.88 Å². The van der Waals surface area contributed by atoms with Crippen molar-refractivity contribution in [1.82, 2.24) is 10.3 Å². The molecule has 1 aromatic carbocycles. The first kappa shape index (κ1) is 28.7. The highest BCUT2D eigenvalue weighted by molar-refractivity contribution is 6.02. The maximum atomic E-state index is 12.9. The molecule has 196 valence electrons. The minimum Gasteiger partial charge on any atom is -0.480 e. The minimum atomic E-state index is -0.994. The predicted molar refractivity (Wildman–Crippen MR) is 135 cm³/mol. The lowest BCUT2D eigenvalue weighted by molar-refractivity contribution is -0.145. The number of ether oxygens (including phenoxy) is 3. The average molecular weight is 501 g/mol. The Labute approximate surface area is 211 Å². The summed E-state index contributed by atoms with van der Waals surface area (Å²) in [6.45, 7) is 6.44. The van der Waals surface area contributed by atoms with Gasteiger partial charge in [0.25, 0.3) is 0 Å². The number of benzene rings is 1. The van der Waals surface area contributed by atoms with E-state index in [0.717, 1.165) is 5.39 Å². The Kier molecular flexibility index (Phi) is 10.8. The zero-order chi connectivity index (χ0) is 26.7. The number of ketones is 2. The third-order valence-electron chi connectivity index (χ3n) is 5.35. The first-order valence-corrected chi connectivity index (χ1v) is 12.2. The van der Waals surface area contributed by atoms with E-state index in [2.05, 4.69) is 10.3 Å². The summed E-state index contributed by atoms with van der Waals surface area (Å²) in [6.07, 6.45) is 2.52. The second kappa shape index (κ2) is 13.6. The largest absolute Gasteiger partial charge is 0.480 e. The third kappa shape index (κ3) is 9.28. The molecule has 0 fully saturated rings. The molecule has 36 heavy (non-hydrogen) atoms. The number of pyridine rings is 1. The molecule has 2 aromatic rings. The van der Waals surface area contributed by atoms with E-state index in [-0.39, 0.29) is 23.6 Å². The summed E-state index contributed by atoms with van der Waals surface area (Å²) < 4.78 is 15.8. The molecule has 0 aliphatic rings. The summed E-state index contributed by atoms with van der Waals surface area (Å²) in [6, 6.07) is 7.93. The Hall–Kier alpha value is -3.49. The Balaban J connectivity index is 2.04. The molecule has 2 rings (SSSR count). The molecule has 1 N–H and O–H groups in total. The first-order valence-electron chi connectivity index (χ1n) is 12.2. The van der Waals surface area contributed by atoms with Crippen LogP contribution in [0.4, 0.5) is 4.79 Å². The fourth-order valence-electron chi connectivity index (χ4n) is 3.49. The van der Waals surface area contributed by atoms with Crippen LogP contribution in [0.1, 0.15) is 76.6 Å². The number of nitrogens with zero attached hydrogens (tertiary/aromatic N) is 1. The highest BCUT2D eigenvalue weighted by Gasteiger charge is 2.26. The second-order valence-corrected chi connectivity index (χ2v) is 9.46. The molecule has 1 amide bonds. The molecule has 0 unspecified atom stereocenters. The number of esters is 1. The maximum absolute atomic E-state index is 12.9. The van der Waals surface area contributed by atoms with Gasteiger partial charge < -0.3 is 19.5 Å². The molecule has 0 bridgehead atoms. The Morgan fingerprint density at radius 1 is 1.06 bits per heavy atom. The predicted octanol–water partition coefficient (Wildman–Crippen LogP) is 4.79. The fourth-order valence-corrected chi connectivity index (χ4v) is 3.49. The third-order valence-corrected chi connectivity index (χ3v) is 5.35. The monoisotopic (exact) mass is 500 g/mol. The van der Waals surface area contributed by atoms with E-state index >= 15 is 0 Å². The number of carbonyl (C=O) groups excluding carboxylic acids is 4. The number of aromatic nitrogens is 1. The van der Waals surface area contributed by atoms with Crippen molar-refractivity contribution in [3.8, 4) is 5.88 Å². The number of alkyl carbamates (subject to hydrolysis) is 1. The minimum absolute atomic E-state index is 0.139. The van der Waals surface area contributed by atoms with E-state index in [1.54, 1.807) is 32.9 Å². The first-order chi connectivity index (χ1) is 17.0. The number of methoxy groups -OCH3 is 1. The number of Topliss-reactive ketones (excluding diaryl/α,β-unsaturated/α-hetero) is 2. The molecular formula is C27H36N2O7. The molecule has 1 atom stereocenters. The van der Waals surface area contributed by atoms with Gasteiger partial charge in [0.15, 0.2) is 6.61 Å². The molecule has 1 aromatic heterocycles. The van der Waals surface area contributed by atoms with E-state index in [4.69, 9.17) is 14.2 Å². The van der Waals surface area contributed by atoms with E-state index in [9.17, 15) is 19.2 Å². The number of unbranched alkanes of at least 4 members (excludes halogenated alkanes) is 2. The van der Waals surface area contributed by atoms with Gasteiger partial charge in [0, 0.05) is 18.2 Å². The van der Waals surface area contributed by atoms with Crippen molar-refractivity contribution in [2.75, 3.05) is 13.7 Å². The van der Waals surface area contributed by atoms with Crippen molar-refractivity contribution in [2.45, 2.75) is 77.9 Å². The van der Waals surface area contributed by atoms with Crippen molar-refractivity contribution in [2.24, 2.45) is 0 Å². The smallest absolute Gasteiger partial charge is 0.408 e. The zero-order valence-corrected chi connectivity index (χ0v) is 21.7. The lowest BCUT2D eigenvalue weighted by atomic mass is 10.1. The Morgan fingerprint density at radius 2 is 1.78 bits per heavy atom. The molecule has 0 aliphatic heterocycles. The van der Waals surface area contributed by atoms with Gasteiger partial charge in [0.1, 0.15) is 17.4 Å². The number of rotatable bonds is 13. The number of fused-ring (bicyclic) bond motifs is 1. The Bertz CT molecular complexity index is 1080. The summed E-state index contributed by atoms with van der Waals surface area (Å²) in [4.78, 5) is 53.8. The molecule has 0 radical (unpaired) electrons. The molecular weight excluding hydrogens is 464 g/mol. The normalized spacial score (nSPS) is 12.0. The van der Waals surface area contributed by atoms with E-state index < -0.39 is 36.1 Å². The standard InChI is InChI=1S/C27H36N2O7/c1-6-19(30)13-8-7-9-15-22(29-26(33)36-27(2,3)4)25(32)35-17-23(31)20-16-18-12-10-11-14-21(18)28-24(20)34-5/h10-12,14,16,22H,6-9,13,15,17H2,1-5H3,(H,29,33)/t22-/m0/s1. The van der Waals surface area contributed by atoms with Gasteiger partial charge in [0.2, 0.25) is 11.7 Å². The SMILES string of the molecule is CCC(=O)CCCCC[C@H](NC(=O)OC(C)(C)C)C(=O)OCC(=O)c1cc2ccccc2nc1OC. The van der Waals surface area contributed by atoms with Gasteiger partial charge in [0.05, 0.1) is 18.2 Å². The quantitative estimate of drug-likeness (QED) is 0.237. The van der Waals surface area contributed by atoms with Gasteiger partial charge in [-0.25, -0.2) is 14.6 Å². The van der Waals surface area contributed by atoms with Crippen LogP contribution in [-0.2, 0) is 19.1 Å². The van der Waals surface area contributed by atoms with Crippen molar-refractivity contribution in [3.05, 3.63) is 35.9 Å². The number of nitrogens with one attached hydrogen (secondary N) is 1. The summed E-state index contributed by atoms with van der Waals surface area (Å²) in [5.41, 5.74) is 0.126. The lowest BCUT2D eigenvalue weighted by Gasteiger charge is -2.23. The van der Waals surface area contributed by atoms with Crippen molar-refractivity contribution < 1.29 is 33.4 Å². The molecule has 0 aliphatic carbocycles. The van der Waals surface area contributed by atoms with Gasteiger partial charge in [-0.3, -0.25) is 9.59 Å². The van der Waals surface area contributed by atoms with Crippen LogP contribution >= 0.6 is 0 Å². The lowest BCUT2D eigenvalue weighted by Crippen LogP contribution is -2.44. The summed E-state index contributed by atoms with van der Waals surface area (Å²) in [7, 11) is 1.41. The Morgan fingerprint density at radius 3 is 2.44 bits per heavy atom. The number of para-hydroxylation sites is 1. The van der Waals surface area contributed by atoms with Crippen LogP contribution < -0.4 is 10.1 Å². The van der Waals surface area contributed by atoms with Gasteiger partial charge in [-0.05, 0) is 45.7 Å². The van der Waals surface area contributed by atoms with Crippen LogP contribution in [0, 0.1) is 0 Å². The maximum Gasteiger partial charge on any atom is 0.408 e. The van der Waals surface area contributed by atoms with Crippen molar-refractivity contribution in [1.29, 1.82) is 0 Å². The van der Waals surface area contributed by atoms with Gasteiger partial charge in [-0.15, -0.1) is 0 Å². The highest BCUT2D eigenvalue weighted by Crippen LogP contribution is 2.23. The molecule has 0 saturated carbocycles. The molecule has 9 heteroatoms. The number of hydrogen-bond donors (Lipinski definition) is 1. The topological polar surface area (TPSA) is 121 Å². The fraction of sp³-hybridized carbons (Fsp3) is 0.519. The zero-order valence-electron chi connectivity index (χ0n) is 21.7. The van der Waals surface area contributed by atoms with Crippen LogP contribution in [0.15, 0.2) is 30.3 Å². The number of amides is 1. The van der Waals surface area contributed by atoms with E-state index in [1.165, 1.54) is 7.11 Å². The van der Waals surface area contributed by atoms with Gasteiger partial charge >= 0.3 is 12.1 Å². The highest BCUT2D eigenvalue weighted by atomic mass is 16.6. The number of carbonyl (C=O) groups is 4. The molecule has 1 heterocycles. The average Bonchev–Trinajstić information content (AvgIpc) is 2.83.